The predicted octanol–water partition coefficient (Wildman–Crippen LogP) is 2.23. The lowest BCUT2D eigenvalue weighted by atomic mass is 10.2. The van der Waals surface area contributed by atoms with Crippen molar-refractivity contribution in [2.24, 2.45) is 5.73 Å². The molecule has 0 radical (unpaired) electrons. The molecule has 0 spiro atoms. The van der Waals surface area contributed by atoms with Crippen LogP contribution in [-0.2, 0) is 6.54 Å². The first-order chi connectivity index (χ1) is 7.69. The normalized spacial score (nSPS) is 10.4. The summed E-state index contributed by atoms with van der Waals surface area (Å²) < 4.78 is 5.21. The van der Waals surface area contributed by atoms with Gasteiger partial charge < -0.3 is 15.5 Å². The maximum atomic E-state index is 6.01. The van der Waals surface area contributed by atoms with E-state index in [2.05, 4.69) is 15.5 Å². The van der Waals surface area contributed by atoms with Crippen molar-refractivity contribution < 1.29 is 4.42 Å². The van der Waals surface area contributed by atoms with Crippen molar-refractivity contribution in [2.45, 2.75) is 13.5 Å². The zero-order chi connectivity index (χ0) is 11.5. The molecule has 0 saturated heterocycles. The van der Waals surface area contributed by atoms with Gasteiger partial charge in [0, 0.05) is 0 Å². The Labute approximate surface area is 97.6 Å². The molecule has 0 saturated carbocycles. The number of hydrogen-bond donors (Lipinski definition) is 2. The van der Waals surface area contributed by atoms with Crippen LogP contribution in [-0.4, -0.2) is 10.2 Å². The predicted molar refractivity (Wildman–Crippen MR) is 61.7 cm³/mol. The van der Waals surface area contributed by atoms with Crippen molar-refractivity contribution in [3.63, 3.8) is 0 Å². The summed E-state index contributed by atoms with van der Waals surface area (Å²) in [6.07, 6.45) is 0. The van der Waals surface area contributed by atoms with Crippen LogP contribution in [0.15, 0.2) is 22.6 Å². The quantitative estimate of drug-likeness (QED) is 0.858. The number of hydrogen-bond acceptors (Lipinski definition) is 5. The van der Waals surface area contributed by atoms with Crippen LogP contribution in [0, 0.1) is 6.92 Å². The van der Waals surface area contributed by atoms with Crippen molar-refractivity contribution >= 4 is 23.3 Å². The molecule has 0 aliphatic heterocycles. The zero-order valence-electron chi connectivity index (χ0n) is 8.70. The fourth-order valence-corrected chi connectivity index (χ4v) is 1.40. The molecule has 2 aromatic rings. The number of anilines is 2. The van der Waals surface area contributed by atoms with Gasteiger partial charge in [-0.3, -0.25) is 0 Å². The van der Waals surface area contributed by atoms with E-state index >= 15 is 0 Å². The second kappa shape index (κ2) is 4.51. The minimum absolute atomic E-state index is 0.218. The number of nitrogens with one attached hydrogen (secondary N) is 1. The molecule has 0 bridgehead atoms. The van der Waals surface area contributed by atoms with Gasteiger partial charge in [0.25, 0.3) is 0 Å². The van der Waals surface area contributed by atoms with Crippen LogP contribution in [0.3, 0.4) is 0 Å². The minimum Gasteiger partial charge on any atom is -0.406 e. The van der Waals surface area contributed by atoms with Gasteiger partial charge in [0.05, 0.1) is 17.3 Å². The highest BCUT2D eigenvalue weighted by atomic mass is 35.5. The van der Waals surface area contributed by atoms with Crippen LogP contribution in [0.5, 0.6) is 0 Å². The third kappa shape index (κ3) is 2.32. The molecule has 0 aliphatic carbocycles. The van der Waals surface area contributed by atoms with E-state index in [1.807, 2.05) is 19.1 Å². The monoisotopic (exact) mass is 238 g/mol. The number of benzene rings is 1. The zero-order valence-corrected chi connectivity index (χ0v) is 9.45. The Balaban J connectivity index is 2.22. The Kier molecular flexibility index (Phi) is 3.07. The van der Waals surface area contributed by atoms with Gasteiger partial charge in [-0.1, -0.05) is 22.8 Å². The summed E-state index contributed by atoms with van der Waals surface area (Å²) in [5, 5.41) is 11.1. The first kappa shape index (κ1) is 10.9. The van der Waals surface area contributed by atoms with E-state index in [0.717, 1.165) is 11.3 Å². The third-order valence-electron chi connectivity index (χ3n) is 2.00. The first-order valence-electron chi connectivity index (χ1n) is 4.74. The Hall–Kier alpha value is -1.59. The molecule has 1 heterocycles. The average molecular weight is 239 g/mol. The summed E-state index contributed by atoms with van der Waals surface area (Å²) in [4.78, 5) is 0. The first-order valence-corrected chi connectivity index (χ1v) is 5.12. The van der Waals surface area contributed by atoms with Crippen LogP contribution < -0.4 is 11.1 Å². The van der Waals surface area contributed by atoms with E-state index in [-0.39, 0.29) is 12.6 Å². The van der Waals surface area contributed by atoms with E-state index in [1.54, 1.807) is 6.07 Å². The molecule has 0 amide bonds. The number of halogens is 1. The minimum atomic E-state index is 0.218. The average Bonchev–Trinajstić information content (AvgIpc) is 2.71. The molecule has 16 heavy (non-hydrogen) atoms. The lowest BCUT2D eigenvalue weighted by Crippen LogP contribution is -1.95. The standard InChI is InChI=1S/C10H11ClN4O/c1-6-2-3-7(11)8(4-6)13-10-15-14-9(5-12)16-10/h2-4H,5,12H2,1H3,(H,13,15). The number of aryl methyl sites for hydroxylation is 1. The van der Waals surface area contributed by atoms with Crippen LogP contribution in [0.25, 0.3) is 0 Å². The molecule has 0 aliphatic rings. The molecular weight excluding hydrogens is 228 g/mol. The second-order valence-corrected chi connectivity index (χ2v) is 3.72. The fourth-order valence-electron chi connectivity index (χ4n) is 1.24. The van der Waals surface area contributed by atoms with Crippen molar-refractivity contribution in [1.29, 1.82) is 0 Å². The Bertz CT molecular complexity index is 497. The number of nitrogens with zero attached hydrogens (tertiary/aromatic N) is 2. The molecule has 0 unspecified atom stereocenters. The van der Waals surface area contributed by atoms with Gasteiger partial charge in [-0.2, -0.15) is 0 Å². The maximum Gasteiger partial charge on any atom is 0.320 e. The second-order valence-electron chi connectivity index (χ2n) is 3.31. The summed E-state index contributed by atoms with van der Waals surface area (Å²) >= 11 is 6.01. The van der Waals surface area contributed by atoms with Crippen LogP contribution in [0.4, 0.5) is 11.7 Å². The summed E-state index contributed by atoms with van der Waals surface area (Å²) in [5.74, 6) is 0.381. The van der Waals surface area contributed by atoms with Gasteiger partial charge >= 0.3 is 6.01 Å². The molecular formula is C10H11ClN4O. The van der Waals surface area contributed by atoms with Crippen LogP contribution in [0.1, 0.15) is 11.5 Å². The van der Waals surface area contributed by atoms with Gasteiger partial charge in [0.1, 0.15) is 0 Å². The smallest absolute Gasteiger partial charge is 0.320 e. The molecule has 5 nitrogen and oxygen atoms in total. The van der Waals surface area contributed by atoms with Gasteiger partial charge in [0.15, 0.2) is 0 Å². The van der Waals surface area contributed by atoms with Crippen molar-refractivity contribution in [1.82, 2.24) is 10.2 Å². The van der Waals surface area contributed by atoms with E-state index < -0.39 is 0 Å². The summed E-state index contributed by atoms with van der Waals surface area (Å²) in [6, 6.07) is 5.91. The lowest BCUT2D eigenvalue weighted by Gasteiger charge is -2.04. The third-order valence-corrected chi connectivity index (χ3v) is 2.33. The van der Waals surface area contributed by atoms with Gasteiger partial charge in [-0.05, 0) is 24.6 Å². The molecule has 0 fully saturated rings. The van der Waals surface area contributed by atoms with Crippen LogP contribution >= 0.6 is 11.6 Å². The van der Waals surface area contributed by atoms with E-state index in [1.165, 1.54) is 0 Å². The van der Waals surface area contributed by atoms with E-state index in [0.29, 0.717) is 10.9 Å². The number of rotatable bonds is 3. The number of aromatic nitrogens is 2. The summed E-state index contributed by atoms with van der Waals surface area (Å²) in [5.41, 5.74) is 7.18. The molecule has 84 valence electrons. The van der Waals surface area contributed by atoms with Gasteiger partial charge in [-0.15, -0.1) is 5.10 Å². The molecule has 1 aromatic carbocycles. The Morgan fingerprint density at radius 2 is 2.25 bits per heavy atom. The lowest BCUT2D eigenvalue weighted by molar-refractivity contribution is 0.511. The summed E-state index contributed by atoms with van der Waals surface area (Å²) in [6.45, 7) is 2.19. The van der Waals surface area contributed by atoms with E-state index in [9.17, 15) is 0 Å². The van der Waals surface area contributed by atoms with Crippen molar-refractivity contribution in [3.8, 4) is 0 Å². The fraction of sp³-hybridized carbons (Fsp3) is 0.200. The highest BCUT2D eigenvalue weighted by Crippen LogP contribution is 2.25. The molecule has 0 atom stereocenters. The van der Waals surface area contributed by atoms with Gasteiger partial charge in [0.2, 0.25) is 5.89 Å². The Morgan fingerprint density at radius 1 is 1.44 bits per heavy atom. The SMILES string of the molecule is Cc1ccc(Cl)c(Nc2nnc(CN)o2)c1. The summed E-state index contributed by atoms with van der Waals surface area (Å²) in [7, 11) is 0. The van der Waals surface area contributed by atoms with E-state index in [4.69, 9.17) is 21.8 Å². The van der Waals surface area contributed by atoms with Gasteiger partial charge in [-0.25, -0.2) is 0 Å². The topological polar surface area (TPSA) is 77.0 Å². The number of nitrogens with two attached hydrogens (primary N) is 1. The van der Waals surface area contributed by atoms with Crippen LogP contribution in [0.2, 0.25) is 5.02 Å². The molecule has 6 heteroatoms. The molecule has 3 N–H and O–H groups in total. The molecule has 2 rings (SSSR count). The van der Waals surface area contributed by atoms with Crippen molar-refractivity contribution in [3.05, 3.63) is 34.7 Å². The highest BCUT2D eigenvalue weighted by Gasteiger charge is 2.06. The maximum absolute atomic E-state index is 6.01. The highest BCUT2D eigenvalue weighted by molar-refractivity contribution is 6.33. The van der Waals surface area contributed by atoms with Crippen molar-refractivity contribution in [2.75, 3.05) is 5.32 Å². The Morgan fingerprint density at radius 3 is 2.94 bits per heavy atom. The molecule has 1 aromatic heterocycles. The largest absolute Gasteiger partial charge is 0.406 e.